The molecule has 1 aliphatic rings. The smallest absolute Gasteiger partial charge is 0.148 e. The lowest BCUT2D eigenvalue weighted by atomic mass is 9.93. The monoisotopic (exact) mass is 274 g/mol. The highest BCUT2D eigenvalue weighted by Crippen LogP contribution is 2.34. The Morgan fingerprint density at radius 3 is 2.60 bits per heavy atom. The van der Waals surface area contributed by atoms with E-state index in [0.29, 0.717) is 11.3 Å². The molecule has 2 nitrogen and oxygen atoms in total. The van der Waals surface area contributed by atoms with Crippen LogP contribution in [0.4, 0.5) is 8.78 Å². The van der Waals surface area contributed by atoms with Gasteiger partial charge in [-0.3, -0.25) is 4.79 Å². The fourth-order valence-electron chi connectivity index (χ4n) is 2.47. The van der Waals surface area contributed by atoms with E-state index in [1.807, 2.05) is 24.3 Å². The number of para-hydroxylation sites is 1. The van der Waals surface area contributed by atoms with Crippen molar-refractivity contribution in [2.24, 2.45) is 0 Å². The van der Waals surface area contributed by atoms with Gasteiger partial charge >= 0.3 is 0 Å². The molecule has 0 spiro atoms. The molecule has 0 aromatic heterocycles. The highest BCUT2D eigenvalue weighted by Gasteiger charge is 2.29. The second-order valence-corrected chi connectivity index (χ2v) is 4.82. The van der Waals surface area contributed by atoms with E-state index in [1.54, 1.807) is 0 Å². The quantitative estimate of drug-likeness (QED) is 0.858. The molecule has 0 aliphatic carbocycles. The van der Waals surface area contributed by atoms with Crippen LogP contribution in [0.25, 0.3) is 0 Å². The molecule has 1 aliphatic heterocycles. The van der Waals surface area contributed by atoms with Gasteiger partial charge < -0.3 is 4.74 Å². The van der Waals surface area contributed by atoms with Crippen LogP contribution in [0.5, 0.6) is 5.75 Å². The van der Waals surface area contributed by atoms with Crippen LogP contribution in [-0.2, 0) is 11.2 Å². The summed E-state index contributed by atoms with van der Waals surface area (Å²) in [6.45, 7) is 0.288. The van der Waals surface area contributed by atoms with Gasteiger partial charge in [-0.25, -0.2) is 8.78 Å². The van der Waals surface area contributed by atoms with Crippen LogP contribution in [0.1, 0.15) is 17.0 Å². The molecule has 3 rings (SSSR count). The number of hydrogen-bond donors (Lipinski definition) is 0. The minimum atomic E-state index is -0.670. The lowest BCUT2D eigenvalue weighted by molar-refractivity contribution is -0.120. The first-order valence-corrected chi connectivity index (χ1v) is 6.33. The highest BCUT2D eigenvalue weighted by atomic mass is 19.1. The van der Waals surface area contributed by atoms with Gasteiger partial charge in [0.2, 0.25) is 0 Å². The Balaban J connectivity index is 1.81. The number of ketones is 1. The van der Waals surface area contributed by atoms with Crippen molar-refractivity contribution in [1.29, 1.82) is 0 Å². The predicted octanol–water partition coefficient (Wildman–Crippen LogP) is 3.25. The molecule has 0 fully saturated rings. The number of carbonyl (C=O) groups excluding carboxylic acids is 1. The Kier molecular flexibility index (Phi) is 3.22. The minimum absolute atomic E-state index is 0.00294. The summed E-state index contributed by atoms with van der Waals surface area (Å²) < 4.78 is 31.7. The topological polar surface area (TPSA) is 26.3 Å². The third-order valence-electron chi connectivity index (χ3n) is 3.39. The molecule has 0 bridgehead atoms. The normalized spacial score (nSPS) is 16.6. The van der Waals surface area contributed by atoms with Crippen molar-refractivity contribution in [3.8, 4) is 5.75 Å². The van der Waals surface area contributed by atoms with Gasteiger partial charge in [0.1, 0.15) is 29.8 Å². The number of benzene rings is 2. The van der Waals surface area contributed by atoms with Crippen molar-refractivity contribution < 1.29 is 18.3 Å². The molecule has 0 saturated carbocycles. The summed E-state index contributed by atoms with van der Waals surface area (Å²) in [5, 5.41) is 0. The number of halogens is 2. The summed E-state index contributed by atoms with van der Waals surface area (Å²) in [6.07, 6.45) is -0.00294. The number of carbonyl (C=O) groups is 1. The first-order chi connectivity index (χ1) is 9.63. The molecular weight excluding hydrogens is 262 g/mol. The first kappa shape index (κ1) is 12.8. The van der Waals surface area contributed by atoms with Crippen LogP contribution in [0.3, 0.4) is 0 Å². The summed E-state index contributed by atoms with van der Waals surface area (Å²) >= 11 is 0. The maximum Gasteiger partial charge on any atom is 0.148 e. The summed E-state index contributed by atoms with van der Waals surface area (Å²) in [5.74, 6) is -1.10. The Morgan fingerprint density at radius 2 is 1.85 bits per heavy atom. The van der Waals surface area contributed by atoms with Crippen molar-refractivity contribution in [2.45, 2.75) is 12.3 Å². The summed E-state index contributed by atoms with van der Waals surface area (Å²) in [6, 6.07) is 10.5. The lowest BCUT2D eigenvalue weighted by Crippen LogP contribution is -2.16. The fraction of sp³-hybridized carbons (Fsp3) is 0.188. The molecule has 1 heterocycles. The Morgan fingerprint density at radius 1 is 1.15 bits per heavy atom. The summed E-state index contributed by atoms with van der Waals surface area (Å²) in [4.78, 5) is 12.3. The maximum absolute atomic E-state index is 13.1. The van der Waals surface area contributed by atoms with Gasteiger partial charge in [-0.15, -0.1) is 0 Å². The van der Waals surface area contributed by atoms with E-state index in [1.165, 1.54) is 12.1 Å². The number of hydrogen-bond acceptors (Lipinski definition) is 2. The second-order valence-electron chi connectivity index (χ2n) is 4.82. The van der Waals surface area contributed by atoms with Gasteiger partial charge in [-0.1, -0.05) is 18.2 Å². The molecule has 1 unspecified atom stereocenters. The summed E-state index contributed by atoms with van der Waals surface area (Å²) in [5.41, 5.74) is 1.19. The Hall–Kier alpha value is -2.23. The standard InChI is InChI=1S/C16H12F2O2/c17-11-5-10(6-12(18)8-11)7-15(19)14-9-20-16-4-2-1-3-13(14)16/h1-6,8,14H,7,9H2. The zero-order valence-electron chi connectivity index (χ0n) is 10.6. The average Bonchev–Trinajstić information content (AvgIpc) is 2.81. The van der Waals surface area contributed by atoms with Crippen molar-refractivity contribution in [2.75, 3.05) is 6.61 Å². The first-order valence-electron chi connectivity index (χ1n) is 6.33. The predicted molar refractivity (Wildman–Crippen MR) is 69.7 cm³/mol. The van der Waals surface area contributed by atoms with Crippen molar-refractivity contribution in [3.05, 3.63) is 65.2 Å². The van der Waals surface area contributed by atoms with Crippen LogP contribution < -0.4 is 4.74 Å². The van der Waals surface area contributed by atoms with E-state index in [0.717, 1.165) is 11.6 Å². The molecule has 0 radical (unpaired) electrons. The van der Waals surface area contributed by atoms with Gasteiger partial charge in [0.15, 0.2) is 0 Å². The molecule has 0 saturated heterocycles. The van der Waals surface area contributed by atoms with E-state index in [2.05, 4.69) is 0 Å². The zero-order valence-corrected chi connectivity index (χ0v) is 10.6. The SMILES string of the molecule is O=C(Cc1cc(F)cc(F)c1)C1COc2ccccc21. The van der Waals surface area contributed by atoms with Crippen LogP contribution >= 0.6 is 0 Å². The van der Waals surface area contributed by atoms with Gasteiger partial charge in [0.25, 0.3) is 0 Å². The molecule has 20 heavy (non-hydrogen) atoms. The number of rotatable bonds is 3. The molecule has 1 atom stereocenters. The maximum atomic E-state index is 13.1. The van der Waals surface area contributed by atoms with Gasteiger partial charge in [0.05, 0.1) is 5.92 Å². The molecule has 0 N–H and O–H groups in total. The van der Waals surface area contributed by atoms with Crippen molar-refractivity contribution >= 4 is 5.78 Å². The van der Waals surface area contributed by atoms with Gasteiger partial charge in [-0.05, 0) is 23.8 Å². The van der Waals surface area contributed by atoms with E-state index < -0.39 is 11.6 Å². The molecular formula is C16H12F2O2. The minimum Gasteiger partial charge on any atom is -0.492 e. The zero-order chi connectivity index (χ0) is 14.1. The van der Waals surface area contributed by atoms with Gasteiger partial charge in [0, 0.05) is 18.1 Å². The largest absolute Gasteiger partial charge is 0.492 e. The average molecular weight is 274 g/mol. The van der Waals surface area contributed by atoms with Gasteiger partial charge in [-0.2, -0.15) is 0 Å². The number of fused-ring (bicyclic) bond motifs is 1. The second kappa shape index (κ2) is 5.04. The Bertz CT molecular complexity index is 647. The summed E-state index contributed by atoms with van der Waals surface area (Å²) in [7, 11) is 0. The van der Waals surface area contributed by atoms with E-state index >= 15 is 0 Å². The van der Waals surface area contributed by atoms with Crippen molar-refractivity contribution in [3.63, 3.8) is 0 Å². The molecule has 102 valence electrons. The van der Waals surface area contributed by atoms with E-state index in [9.17, 15) is 13.6 Å². The highest BCUT2D eigenvalue weighted by molar-refractivity contribution is 5.89. The lowest BCUT2D eigenvalue weighted by Gasteiger charge is -2.08. The molecule has 2 aromatic carbocycles. The van der Waals surface area contributed by atoms with Crippen molar-refractivity contribution in [1.82, 2.24) is 0 Å². The van der Waals surface area contributed by atoms with Crippen LogP contribution in [0.15, 0.2) is 42.5 Å². The number of Topliss-reactive ketones (excluding diaryl/α,β-unsaturated/α-hetero) is 1. The molecule has 2 aromatic rings. The van der Waals surface area contributed by atoms with Crippen LogP contribution in [0, 0.1) is 11.6 Å². The van der Waals surface area contributed by atoms with Crippen LogP contribution in [0.2, 0.25) is 0 Å². The Labute approximate surface area is 115 Å². The third kappa shape index (κ3) is 2.41. The third-order valence-corrected chi connectivity index (χ3v) is 3.39. The van der Waals surface area contributed by atoms with E-state index in [-0.39, 0.29) is 24.7 Å². The molecule has 0 amide bonds. The van der Waals surface area contributed by atoms with E-state index in [4.69, 9.17) is 4.74 Å². The molecule has 4 heteroatoms. The van der Waals surface area contributed by atoms with Crippen LogP contribution in [-0.4, -0.2) is 12.4 Å². The fourth-order valence-corrected chi connectivity index (χ4v) is 2.47. The number of ether oxygens (including phenoxy) is 1.